The number of carbonyl (C=O) groups is 1. The molecule has 1 heterocycles. The summed E-state index contributed by atoms with van der Waals surface area (Å²) >= 11 is 0. The fraction of sp³-hybridized carbons (Fsp3) is 0.235. The van der Waals surface area contributed by atoms with Crippen molar-refractivity contribution in [2.24, 2.45) is 0 Å². The van der Waals surface area contributed by atoms with E-state index in [1.54, 1.807) is 24.3 Å². The van der Waals surface area contributed by atoms with Crippen molar-refractivity contribution in [3.8, 4) is 5.75 Å². The first-order valence-corrected chi connectivity index (χ1v) is 7.63. The van der Waals surface area contributed by atoms with E-state index in [0.29, 0.717) is 16.6 Å². The van der Waals surface area contributed by atoms with Gasteiger partial charge in [0.2, 0.25) is 0 Å². The summed E-state index contributed by atoms with van der Waals surface area (Å²) in [4.78, 5) is 12.3. The third kappa shape index (κ3) is 4.21. The maximum Gasteiger partial charge on any atom is 0.573 e. The highest BCUT2D eigenvalue weighted by Gasteiger charge is 2.32. The lowest BCUT2D eigenvalue weighted by atomic mass is 9.78. The second kappa shape index (κ2) is 6.89. The molecule has 25 heavy (non-hydrogen) atoms. The Bertz CT molecular complexity index is 792. The van der Waals surface area contributed by atoms with Gasteiger partial charge in [-0.3, -0.25) is 4.79 Å². The number of halogens is 3. The van der Waals surface area contributed by atoms with Crippen LogP contribution in [0.2, 0.25) is 0 Å². The summed E-state index contributed by atoms with van der Waals surface area (Å²) in [7, 11) is -1.05. The number of hydrogen-bond donors (Lipinski definition) is 1. The third-order valence-corrected chi connectivity index (χ3v) is 3.95. The van der Waals surface area contributed by atoms with Crippen LogP contribution in [0.5, 0.6) is 5.75 Å². The van der Waals surface area contributed by atoms with Crippen LogP contribution in [0, 0.1) is 0 Å². The van der Waals surface area contributed by atoms with E-state index in [2.05, 4.69) is 4.74 Å². The van der Waals surface area contributed by atoms with Crippen LogP contribution in [-0.4, -0.2) is 24.3 Å². The Hall–Kier alpha value is -2.32. The van der Waals surface area contributed by atoms with Gasteiger partial charge in [-0.05, 0) is 29.1 Å². The highest BCUT2D eigenvalue weighted by molar-refractivity contribution is 6.61. The molecule has 3 rings (SSSR count). The molecule has 0 amide bonds. The van der Waals surface area contributed by atoms with E-state index in [1.807, 2.05) is 0 Å². The standard InChI is InChI=1S/C17H14BF3O4/c19-17(20,21)25-16-4-2-1-3-11(16)7-8-15(22)12-5-6-13-10-24-18(23)14(13)9-12/h1-6,9,23H,7-8,10H2. The predicted molar refractivity (Wildman–Crippen MR) is 84.6 cm³/mol. The molecule has 0 atom stereocenters. The van der Waals surface area contributed by atoms with E-state index < -0.39 is 13.5 Å². The van der Waals surface area contributed by atoms with E-state index >= 15 is 0 Å². The number of ketones is 1. The maximum atomic E-state index is 12.4. The van der Waals surface area contributed by atoms with Crippen molar-refractivity contribution in [1.82, 2.24) is 0 Å². The zero-order chi connectivity index (χ0) is 18.0. The minimum absolute atomic E-state index is 0.0218. The highest BCUT2D eigenvalue weighted by atomic mass is 19.4. The number of alkyl halides is 3. The number of hydrogen-bond acceptors (Lipinski definition) is 4. The van der Waals surface area contributed by atoms with Crippen LogP contribution in [-0.2, 0) is 17.7 Å². The van der Waals surface area contributed by atoms with Gasteiger partial charge in [0, 0.05) is 12.0 Å². The van der Waals surface area contributed by atoms with Crippen LogP contribution < -0.4 is 10.2 Å². The summed E-state index contributed by atoms with van der Waals surface area (Å²) in [5.74, 6) is -0.538. The van der Waals surface area contributed by atoms with Crippen LogP contribution in [0.25, 0.3) is 0 Å². The Kier molecular flexibility index (Phi) is 4.83. The summed E-state index contributed by atoms with van der Waals surface area (Å²) < 4.78 is 46.3. The molecule has 1 aliphatic rings. The molecule has 0 bridgehead atoms. The molecule has 4 nitrogen and oxygen atoms in total. The molecule has 1 N–H and O–H groups in total. The van der Waals surface area contributed by atoms with E-state index in [0.717, 1.165) is 5.56 Å². The topological polar surface area (TPSA) is 55.8 Å². The molecule has 0 saturated heterocycles. The fourth-order valence-electron chi connectivity index (χ4n) is 2.72. The molecule has 0 spiro atoms. The Morgan fingerprint density at radius 1 is 1.24 bits per heavy atom. The van der Waals surface area contributed by atoms with E-state index in [4.69, 9.17) is 4.65 Å². The smallest absolute Gasteiger partial charge is 0.423 e. The van der Waals surface area contributed by atoms with E-state index in [1.165, 1.54) is 18.2 Å². The lowest BCUT2D eigenvalue weighted by Crippen LogP contribution is -2.28. The molecule has 0 radical (unpaired) electrons. The minimum atomic E-state index is -4.78. The maximum absolute atomic E-state index is 12.4. The average molecular weight is 350 g/mol. The Labute approximate surface area is 142 Å². The number of rotatable bonds is 5. The van der Waals surface area contributed by atoms with Crippen molar-refractivity contribution in [3.05, 3.63) is 59.2 Å². The van der Waals surface area contributed by atoms with E-state index in [-0.39, 0.29) is 31.0 Å². The van der Waals surface area contributed by atoms with Crippen molar-refractivity contribution in [1.29, 1.82) is 0 Å². The van der Waals surface area contributed by atoms with Gasteiger partial charge in [-0.25, -0.2) is 0 Å². The number of fused-ring (bicyclic) bond motifs is 1. The zero-order valence-corrected chi connectivity index (χ0v) is 13.0. The number of ether oxygens (including phenoxy) is 1. The van der Waals surface area contributed by atoms with Crippen molar-refractivity contribution >= 4 is 18.4 Å². The normalized spacial score (nSPS) is 13.7. The second-order valence-electron chi connectivity index (χ2n) is 5.66. The van der Waals surface area contributed by atoms with Gasteiger partial charge in [-0.15, -0.1) is 13.2 Å². The average Bonchev–Trinajstić information content (AvgIpc) is 2.93. The highest BCUT2D eigenvalue weighted by Crippen LogP contribution is 2.27. The first-order valence-electron chi connectivity index (χ1n) is 7.63. The van der Waals surface area contributed by atoms with Crippen molar-refractivity contribution < 1.29 is 32.4 Å². The van der Waals surface area contributed by atoms with Gasteiger partial charge in [-0.2, -0.15) is 0 Å². The second-order valence-corrected chi connectivity index (χ2v) is 5.66. The number of benzene rings is 2. The molecule has 0 saturated carbocycles. The van der Waals surface area contributed by atoms with Crippen LogP contribution in [0.4, 0.5) is 13.2 Å². The fourth-order valence-corrected chi connectivity index (χ4v) is 2.72. The Balaban J connectivity index is 1.70. The largest absolute Gasteiger partial charge is 0.573 e. The monoisotopic (exact) mass is 350 g/mol. The van der Waals surface area contributed by atoms with Crippen molar-refractivity contribution in [2.45, 2.75) is 25.8 Å². The summed E-state index contributed by atoms with van der Waals surface area (Å²) in [5, 5.41) is 9.68. The van der Waals surface area contributed by atoms with Gasteiger partial charge in [0.05, 0.1) is 6.61 Å². The predicted octanol–water partition coefficient (Wildman–Crippen LogP) is 2.62. The number of Topliss-reactive ketones (excluding diaryl/α,β-unsaturated/α-hetero) is 1. The molecular formula is C17H14BF3O4. The Morgan fingerprint density at radius 2 is 2.00 bits per heavy atom. The zero-order valence-electron chi connectivity index (χ0n) is 13.0. The molecule has 0 aromatic heterocycles. The van der Waals surface area contributed by atoms with E-state index in [9.17, 15) is 23.0 Å². The lowest BCUT2D eigenvalue weighted by Gasteiger charge is -2.13. The number of carbonyl (C=O) groups excluding carboxylic acids is 1. The summed E-state index contributed by atoms with van der Waals surface area (Å²) in [6.45, 7) is 0.285. The van der Waals surface area contributed by atoms with Crippen LogP contribution >= 0.6 is 0 Å². The molecule has 0 fully saturated rings. The Morgan fingerprint density at radius 3 is 2.76 bits per heavy atom. The first kappa shape index (κ1) is 17.5. The summed E-state index contributed by atoms with van der Waals surface area (Å²) in [6, 6.07) is 10.6. The van der Waals surface area contributed by atoms with Gasteiger partial charge in [0.1, 0.15) is 5.75 Å². The number of aryl methyl sites for hydroxylation is 1. The quantitative estimate of drug-likeness (QED) is 0.665. The first-order chi connectivity index (χ1) is 11.8. The molecular weight excluding hydrogens is 336 g/mol. The van der Waals surface area contributed by atoms with Crippen LogP contribution in [0.3, 0.4) is 0 Å². The molecule has 1 aliphatic heterocycles. The minimum Gasteiger partial charge on any atom is -0.423 e. The molecule has 2 aromatic rings. The molecule has 0 unspecified atom stereocenters. The molecule has 8 heteroatoms. The van der Waals surface area contributed by atoms with Gasteiger partial charge >= 0.3 is 13.5 Å². The van der Waals surface area contributed by atoms with Crippen LogP contribution in [0.1, 0.15) is 27.9 Å². The molecule has 130 valence electrons. The molecule has 0 aliphatic carbocycles. The van der Waals surface area contributed by atoms with Gasteiger partial charge in [0.25, 0.3) is 0 Å². The lowest BCUT2D eigenvalue weighted by molar-refractivity contribution is -0.274. The summed E-state index contributed by atoms with van der Waals surface area (Å²) in [5.41, 5.74) is 2.05. The van der Waals surface area contributed by atoms with Crippen molar-refractivity contribution in [3.63, 3.8) is 0 Å². The van der Waals surface area contributed by atoms with Crippen LogP contribution in [0.15, 0.2) is 42.5 Å². The van der Waals surface area contributed by atoms with Gasteiger partial charge < -0.3 is 14.4 Å². The van der Waals surface area contributed by atoms with Gasteiger partial charge in [0.15, 0.2) is 5.78 Å². The molecule has 2 aromatic carbocycles. The third-order valence-electron chi connectivity index (χ3n) is 3.95. The number of para-hydroxylation sites is 1. The van der Waals surface area contributed by atoms with Gasteiger partial charge in [-0.1, -0.05) is 36.4 Å². The SMILES string of the molecule is O=C(CCc1ccccc1OC(F)(F)F)c1ccc2c(c1)B(O)OC2. The van der Waals surface area contributed by atoms with Crippen molar-refractivity contribution in [2.75, 3.05) is 0 Å². The summed E-state index contributed by atoms with van der Waals surface area (Å²) in [6.07, 6.45) is -4.65.